The Balaban J connectivity index is 1.05. The van der Waals surface area contributed by atoms with Crippen molar-refractivity contribution in [1.29, 1.82) is 0 Å². The molecule has 1 saturated heterocycles. The van der Waals surface area contributed by atoms with E-state index in [9.17, 15) is 101 Å². The van der Waals surface area contributed by atoms with Gasteiger partial charge in [-0.05, 0) is 68.9 Å². The summed E-state index contributed by atoms with van der Waals surface area (Å²) in [7, 11) is -4.46. The number of fused-ring (bicyclic) bond motifs is 1. The summed E-state index contributed by atoms with van der Waals surface area (Å²) in [4.78, 5) is 177. The summed E-state index contributed by atoms with van der Waals surface area (Å²) in [5.74, 6) is -12.7. The van der Waals surface area contributed by atoms with Crippen LogP contribution in [0.4, 0.5) is 5.95 Å². The SMILES string of the molecule is Cc1cc(C)c(S(=O)(=O)NC(=CNC(=O)c2cn(CCCNC(=O)CCC(=O)NCCCOCCCNC(=O)[C@@H](CC(=O)O)NC(=O)[C@@H](CC(=O)O)NC(=O)CN3CCN(CC(=O)O)CCN(CC(=O)O)CCN(CC(=O)O)CC3)c3cc(CNc4ncc[nH]4)ccc3c2=O)C(=O)O)c(C)c1. The summed E-state index contributed by atoms with van der Waals surface area (Å²) in [6.45, 7) is 4.57. The Kier molecular flexibility index (Phi) is 32.7. The van der Waals surface area contributed by atoms with Crippen molar-refractivity contribution in [2.45, 2.75) is 95.8 Å². The number of carbonyl (C=O) groups is 12. The number of aryl methyl sites for hydroxylation is 4. The van der Waals surface area contributed by atoms with Crippen LogP contribution in [0.15, 0.2) is 70.5 Å². The first-order valence-corrected chi connectivity index (χ1v) is 33.6. The van der Waals surface area contributed by atoms with Crippen molar-refractivity contribution in [2.24, 2.45) is 0 Å². The quantitative estimate of drug-likeness (QED) is 0.0163. The van der Waals surface area contributed by atoms with Gasteiger partial charge in [-0.3, -0.25) is 81.9 Å². The number of aliphatic carboxylic acids is 6. The van der Waals surface area contributed by atoms with E-state index in [1.54, 1.807) is 66.9 Å². The molecule has 2 aromatic carbocycles. The number of H-pyrrole nitrogens is 1. The lowest BCUT2D eigenvalue weighted by atomic mass is 10.1. The summed E-state index contributed by atoms with van der Waals surface area (Å²) < 4.78 is 36.0. The van der Waals surface area contributed by atoms with Crippen molar-refractivity contribution >= 4 is 98.1 Å². The molecular weight excluding hydrogens is 1350 g/mol. The molecule has 2 atom stereocenters. The zero-order chi connectivity index (χ0) is 74.3. The van der Waals surface area contributed by atoms with E-state index in [1.807, 2.05) is 4.72 Å². The molecule has 6 amide bonds. The molecular formula is C63H87N15O22S. The summed E-state index contributed by atoms with van der Waals surface area (Å²) in [6, 6.07) is 4.60. The second-order valence-corrected chi connectivity index (χ2v) is 25.3. The average molecular weight is 1440 g/mol. The summed E-state index contributed by atoms with van der Waals surface area (Å²) >= 11 is 0. The molecule has 15 N–H and O–H groups in total. The van der Waals surface area contributed by atoms with E-state index in [4.69, 9.17) is 4.74 Å². The van der Waals surface area contributed by atoms with Crippen LogP contribution in [-0.4, -0.2) is 268 Å². The molecule has 2 aromatic heterocycles. The Morgan fingerprint density at radius 2 is 1.13 bits per heavy atom. The summed E-state index contributed by atoms with van der Waals surface area (Å²) in [5, 5.41) is 75.6. The van der Waals surface area contributed by atoms with Gasteiger partial charge < -0.3 is 82.1 Å². The number of pyridine rings is 1. The third-order valence-corrected chi connectivity index (χ3v) is 17.2. The third kappa shape index (κ3) is 28.8. The molecule has 0 spiro atoms. The zero-order valence-electron chi connectivity index (χ0n) is 56.0. The molecule has 0 unspecified atom stereocenters. The van der Waals surface area contributed by atoms with Crippen LogP contribution in [0.1, 0.15) is 77.6 Å². The maximum Gasteiger partial charge on any atom is 0.354 e. The topological polar surface area (TPSA) is 529 Å². The molecule has 5 rings (SSSR count). The molecule has 38 heteroatoms. The number of aromatic nitrogens is 3. The van der Waals surface area contributed by atoms with Gasteiger partial charge >= 0.3 is 35.8 Å². The van der Waals surface area contributed by atoms with Crippen LogP contribution in [0.5, 0.6) is 0 Å². The van der Waals surface area contributed by atoms with Crippen LogP contribution in [0, 0.1) is 20.8 Å². The van der Waals surface area contributed by atoms with Crippen LogP contribution in [0.3, 0.4) is 0 Å². The highest BCUT2D eigenvalue weighted by atomic mass is 32.2. The first-order valence-electron chi connectivity index (χ1n) is 32.1. The van der Waals surface area contributed by atoms with Gasteiger partial charge in [0, 0.05) is 141 Å². The van der Waals surface area contributed by atoms with Crippen molar-refractivity contribution in [3.8, 4) is 0 Å². The van der Waals surface area contributed by atoms with E-state index in [0.29, 0.717) is 35.2 Å². The van der Waals surface area contributed by atoms with Crippen molar-refractivity contribution in [3.05, 3.63) is 98.9 Å². The standard InChI is InChI=1S/C63H87N15O22S/c1-39-27-40(2)58(41(3)28-39)101(98,99)73-47(62(96)97)33-69-59(93)44-34-78(48-29-42(7-8-43(48)57(44)92)32-70-63-67-14-15-68-63)16-4-11-64-49(79)9-10-50(80)65-12-5-25-100-26-6-13-66-60(94)45(30-52(82)83)72-61(95)46(31-53(84)85)71-51(81)35-74-17-19-75(36-54(86)87)21-23-77(38-56(90)91)24-22-76(20-18-74)37-55(88)89/h7-8,14-15,27-29,33-34,45-46,73H,4-6,9-13,16-26,30-32,35-38H2,1-3H3,(H,64,79)(H,65,80)(H,66,94)(H,69,93)(H,71,81)(H,72,95)(H,82,83)(H,84,85)(H,86,87)(H,88,89)(H,90,91)(H,96,97)(H2,67,68,70)/t45-,46-/m1/s1. The molecule has 37 nitrogen and oxygen atoms in total. The molecule has 0 bridgehead atoms. The smallest absolute Gasteiger partial charge is 0.354 e. The number of sulfonamides is 1. The fourth-order valence-electron chi connectivity index (χ4n) is 10.7. The lowest BCUT2D eigenvalue weighted by Crippen LogP contribution is -2.56. The number of carboxylic acid groups (broad SMARTS) is 6. The minimum Gasteiger partial charge on any atom is -0.481 e. The van der Waals surface area contributed by atoms with Crippen LogP contribution >= 0.6 is 0 Å². The monoisotopic (exact) mass is 1440 g/mol. The number of imidazole rings is 1. The Morgan fingerprint density at radius 1 is 0.624 bits per heavy atom. The van der Waals surface area contributed by atoms with Gasteiger partial charge in [-0.25, -0.2) is 18.2 Å². The highest BCUT2D eigenvalue weighted by Gasteiger charge is 2.32. The number of benzene rings is 2. The number of nitrogens with one attached hydrogen (secondary N) is 9. The number of nitrogens with zero attached hydrogens (tertiary/aromatic N) is 6. The normalized spacial score (nSPS) is 14.4. The molecule has 0 saturated carbocycles. The number of ether oxygens (including phenoxy) is 1. The van der Waals surface area contributed by atoms with Crippen molar-refractivity contribution in [1.82, 2.24) is 70.8 Å². The molecule has 1 aliphatic rings. The Hall–Kier alpha value is -10.4. The molecule has 552 valence electrons. The number of hydrogen-bond acceptors (Lipinski definition) is 22. The van der Waals surface area contributed by atoms with Gasteiger partial charge in [-0.2, -0.15) is 0 Å². The maximum atomic E-state index is 13.9. The lowest BCUT2D eigenvalue weighted by Gasteiger charge is -2.33. The van der Waals surface area contributed by atoms with Gasteiger partial charge in [0.2, 0.25) is 35.0 Å². The van der Waals surface area contributed by atoms with Crippen molar-refractivity contribution in [3.63, 3.8) is 0 Å². The average Bonchev–Trinajstić information content (AvgIpc) is 1.12. The molecule has 4 aromatic rings. The number of carboxylic acids is 6. The highest BCUT2D eigenvalue weighted by Crippen LogP contribution is 2.23. The minimum absolute atomic E-state index is 0.0199. The predicted octanol–water partition coefficient (Wildman–Crippen LogP) is -2.39. The number of amides is 6. The molecule has 1 fully saturated rings. The first-order chi connectivity index (χ1) is 47.9. The molecule has 0 aliphatic carbocycles. The van der Waals surface area contributed by atoms with E-state index in [0.717, 1.165) is 11.1 Å². The number of anilines is 1. The van der Waals surface area contributed by atoms with Crippen molar-refractivity contribution in [2.75, 3.05) is 117 Å². The Labute approximate surface area is 579 Å². The van der Waals surface area contributed by atoms with Crippen LogP contribution in [0.25, 0.3) is 10.9 Å². The van der Waals surface area contributed by atoms with E-state index in [-0.39, 0.29) is 141 Å². The second-order valence-electron chi connectivity index (χ2n) is 23.7. The van der Waals surface area contributed by atoms with Gasteiger partial charge in [-0.1, -0.05) is 23.8 Å². The van der Waals surface area contributed by atoms with E-state index in [1.165, 1.54) is 27.0 Å². The fraction of sp³-hybridized carbons (Fsp3) is 0.492. The van der Waals surface area contributed by atoms with Crippen LogP contribution < -0.4 is 47.4 Å². The first kappa shape index (κ1) is 81.3. The lowest BCUT2D eigenvalue weighted by molar-refractivity contribution is -0.143. The number of hydrogen-bond donors (Lipinski definition) is 15. The Morgan fingerprint density at radius 3 is 1.62 bits per heavy atom. The summed E-state index contributed by atoms with van der Waals surface area (Å²) in [6.07, 6.45) is 3.64. The molecule has 101 heavy (non-hydrogen) atoms. The zero-order valence-corrected chi connectivity index (χ0v) is 56.9. The van der Waals surface area contributed by atoms with Gasteiger partial charge in [-0.15, -0.1) is 0 Å². The maximum absolute atomic E-state index is 13.9. The van der Waals surface area contributed by atoms with E-state index < -0.39 is 143 Å². The van der Waals surface area contributed by atoms with E-state index in [2.05, 4.69) is 47.2 Å². The molecule has 3 heterocycles. The minimum atomic E-state index is -4.46. The summed E-state index contributed by atoms with van der Waals surface area (Å²) in [5.41, 5.74) is 0.628. The largest absolute Gasteiger partial charge is 0.481 e. The van der Waals surface area contributed by atoms with E-state index >= 15 is 0 Å². The fourth-order valence-corrected chi connectivity index (χ4v) is 12.2. The second kappa shape index (κ2) is 40.6. The van der Waals surface area contributed by atoms with Crippen LogP contribution in [0.2, 0.25) is 0 Å². The van der Waals surface area contributed by atoms with Crippen LogP contribution in [-0.2, 0) is 80.6 Å². The van der Waals surface area contributed by atoms with Gasteiger partial charge in [0.05, 0.1) is 49.4 Å². The van der Waals surface area contributed by atoms with Gasteiger partial charge in [0.25, 0.3) is 15.9 Å². The van der Waals surface area contributed by atoms with Gasteiger partial charge in [0.15, 0.2) is 11.6 Å². The third-order valence-electron chi connectivity index (χ3n) is 15.5. The number of rotatable bonds is 40. The number of carbonyl (C=O) groups excluding carboxylic acids is 6. The number of aromatic amines is 1. The Bertz CT molecular complexity index is 3770. The highest BCUT2D eigenvalue weighted by molar-refractivity contribution is 7.89. The van der Waals surface area contributed by atoms with Gasteiger partial charge in [0.1, 0.15) is 17.6 Å². The molecule has 1 aliphatic heterocycles. The predicted molar refractivity (Wildman–Crippen MR) is 358 cm³/mol. The van der Waals surface area contributed by atoms with Crippen molar-refractivity contribution < 1.29 is 101 Å². The molecule has 0 radical (unpaired) electrons.